The number of methoxy groups -OCH3 is 2. The Bertz CT molecular complexity index is 899. The zero-order valence-corrected chi connectivity index (χ0v) is 17.3. The monoisotopic (exact) mass is 418 g/mol. The summed E-state index contributed by atoms with van der Waals surface area (Å²) < 4.78 is 21.5. The van der Waals surface area contributed by atoms with E-state index in [0.29, 0.717) is 52.4 Å². The third-order valence-electron chi connectivity index (χ3n) is 3.70. The molecule has 0 aliphatic carbocycles. The van der Waals surface area contributed by atoms with E-state index in [9.17, 15) is 4.79 Å². The lowest BCUT2D eigenvalue weighted by Crippen LogP contribution is -2.17. The van der Waals surface area contributed by atoms with Gasteiger partial charge < -0.3 is 18.9 Å². The van der Waals surface area contributed by atoms with Crippen LogP contribution in [-0.4, -0.2) is 39.6 Å². The summed E-state index contributed by atoms with van der Waals surface area (Å²) in [5.74, 6) is 1.50. The first kappa shape index (κ1) is 22.1. The first-order valence-electron chi connectivity index (χ1n) is 8.79. The van der Waals surface area contributed by atoms with Gasteiger partial charge in [-0.25, -0.2) is 5.43 Å². The Labute approximate surface area is 174 Å². The number of halogens is 1. The van der Waals surface area contributed by atoms with E-state index in [1.165, 1.54) is 20.4 Å². The van der Waals surface area contributed by atoms with Crippen LogP contribution in [0, 0.1) is 0 Å². The van der Waals surface area contributed by atoms with Crippen molar-refractivity contribution in [2.75, 3.05) is 27.4 Å². The molecule has 2 rings (SSSR count). The van der Waals surface area contributed by atoms with Crippen LogP contribution in [-0.2, 0) is 0 Å². The van der Waals surface area contributed by atoms with E-state index >= 15 is 0 Å². The Morgan fingerprint density at radius 2 is 1.90 bits per heavy atom. The fourth-order valence-electron chi connectivity index (χ4n) is 2.42. The zero-order valence-electron chi connectivity index (χ0n) is 16.5. The van der Waals surface area contributed by atoms with E-state index in [1.54, 1.807) is 36.4 Å². The van der Waals surface area contributed by atoms with Gasteiger partial charge >= 0.3 is 0 Å². The summed E-state index contributed by atoms with van der Waals surface area (Å²) in [5, 5.41) is 4.35. The van der Waals surface area contributed by atoms with Crippen molar-refractivity contribution in [1.29, 1.82) is 0 Å². The van der Waals surface area contributed by atoms with Crippen molar-refractivity contribution >= 4 is 23.7 Å². The van der Waals surface area contributed by atoms with E-state index in [4.69, 9.17) is 30.5 Å². The van der Waals surface area contributed by atoms with Crippen LogP contribution in [0.1, 0.15) is 22.8 Å². The molecule has 1 amide bonds. The van der Waals surface area contributed by atoms with Crippen molar-refractivity contribution in [3.8, 4) is 23.0 Å². The highest BCUT2D eigenvalue weighted by Gasteiger charge is 2.12. The SMILES string of the molecule is C=CCOc1c(Cl)cc(/C=N/NC(=O)c2ccc(OC)c(OC)c2)cc1OCC. The molecule has 0 bridgehead atoms. The number of nitrogens with zero attached hydrogens (tertiary/aromatic N) is 1. The normalized spacial score (nSPS) is 10.5. The van der Waals surface area contributed by atoms with Crippen LogP contribution < -0.4 is 24.4 Å². The summed E-state index contributed by atoms with van der Waals surface area (Å²) in [6.45, 7) is 6.21. The summed E-state index contributed by atoms with van der Waals surface area (Å²) >= 11 is 6.29. The highest BCUT2D eigenvalue weighted by molar-refractivity contribution is 6.32. The summed E-state index contributed by atoms with van der Waals surface area (Å²) in [6, 6.07) is 8.21. The number of hydrogen-bond donors (Lipinski definition) is 1. The fraction of sp³-hybridized carbons (Fsp3) is 0.238. The van der Waals surface area contributed by atoms with Crippen LogP contribution in [0.15, 0.2) is 48.1 Å². The largest absolute Gasteiger partial charge is 0.493 e. The second kappa shape index (κ2) is 11.0. The Kier molecular flexibility index (Phi) is 8.36. The number of benzene rings is 2. The van der Waals surface area contributed by atoms with E-state index in [0.717, 1.165) is 0 Å². The number of carbonyl (C=O) groups excluding carboxylic acids is 1. The molecular weight excluding hydrogens is 396 g/mol. The number of hydrazone groups is 1. The molecule has 0 aliphatic rings. The predicted molar refractivity (Wildman–Crippen MR) is 113 cm³/mol. The van der Waals surface area contributed by atoms with Gasteiger partial charge in [0.25, 0.3) is 5.91 Å². The molecule has 0 heterocycles. The van der Waals surface area contributed by atoms with Crippen molar-refractivity contribution in [3.63, 3.8) is 0 Å². The molecule has 0 atom stereocenters. The molecule has 7 nitrogen and oxygen atoms in total. The summed E-state index contributed by atoms with van der Waals surface area (Å²) in [7, 11) is 3.02. The molecule has 154 valence electrons. The third-order valence-corrected chi connectivity index (χ3v) is 3.98. The molecule has 29 heavy (non-hydrogen) atoms. The third kappa shape index (κ3) is 5.89. The van der Waals surface area contributed by atoms with E-state index < -0.39 is 5.91 Å². The van der Waals surface area contributed by atoms with Crippen LogP contribution in [0.4, 0.5) is 0 Å². The molecular formula is C21H23ClN2O5. The minimum absolute atomic E-state index is 0.300. The van der Waals surface area contributed by atoms with Gasteiger partial charge in [0.1, 0.15) is 6.61 Å². The predicted octanol–water partition coefficient (Wildman–Crippen LogP) is 4.08. The summed E-state index contributed by atoms with van der Waals surface area (Å²) in [4.78, 5) is 12.3. The molecule has 0 spiro atoms. The average molecular weight is 419 g/mol. The summed E-state index contributed by atoms with van der Waals surface area (Å²) in [5.41, 5.74) is 3.47. The van der Waals surface area contributed by atoms with Crippen molar-refractivity contribution in [1.82, 2.24) is 5.43 Å². The molecule has 0 aromatic heterocycles. The number of carbonyl (C=O) groups is 1. The second-order valence-electron chi connectivity index (χ2n) is 5.63. The van der Waals surface area contributed by atoms with Gasteiger partial charge in [0, 0.05) is 5.56 Å². The van der Waals surface area contributed by atoms with Crippen LogP contribution in [0.25, 0.3) is 0 Å². The molecule has 2 aromatic carbocycles. The second-order valence-corrected chi connectivity index (χ2v) is 6.04. The minimum Gasteiger partial charge on any atom is -0.493 e. The van der Waals surface area contributed by atoms with Gasteiger partial charge in [-0.1, -0.05) is 24.3 Å². The number of ether oxygens (including phenoxy) is 4. The van der Waals surface area contributed by atoms with E-state index in [1.807, 2.05) is 6.92 Å². The topological polar surface area (TPSA) is 78.4 Å². The van der Waals surface area contributed by atoms with Gasteiger partial charge in [-0.2, -0.15) is 5.10 Å². The lowest BCUT2D eigenvalue weighted by Gasteiger charge is -2.13. The van der Waals surface area contributed by atoms with Crippen molar-refractivity contribution in [3.05, 3.63) is 59.1 Å². The molecule has 0 fully saturated rings. The zero-order chi connectivity index (χ0) is 21.2. The number of nitrogens with one attached hydrogen (secondary N) is 1. The molecule has 0 aliphatic heterocycles. The molecule has 2 aromatic rings. The molecule has 8 heteroatoms. The average Bonchev–Trinajstić information content (AvgIpc) is 2.72. The van der Waals surface area contributed by atoms with Crippen molar-refractivity contribution in [2.45, 2.75) is 6.92 Å². The number of rotatable bonds is 10. The Morgan fingerprint density at radius 3 is 2.55 bits per heavy atom. The van der Waals surface area contributed by atoms with Gasteiger partial charge in [0.15, 0.2) is 23.0 Å². The Balaban J connectivity index is 2.15. The molecule has 0 saturated heterocycles. The van der Waals surface area contributed by atoms with Crippen molar-refractivity contribution < 1.29 is 23.7 Å². The molecule has 0 saturated carbocycles. The molecule has 1 N–H and O–H groups in total. The first-order valence-corrected chi connectivity index (χ1v) is 9.17. The first-order chi connectivity index (χ1) is 14.0. The molecule has 0 radical (unpaired) electrons. The van der Waals surface area contributed by atoms with Gasteiger partial charge in [-0.15, -0.1) is 0 Å². The van der Waals surface area contributed by atoms with Gasteiger partial charge in [-0.05, 0) is 42.8 Å². The van der Waals surface area contributed by atoms with Crippen LogP contribution in [0.2, 0.25) is 5.02 Å². The smallest absolute Gasteiger partial charge is 0.271 e. The lowest BCUT2D eigenvalue weighted by molar-refractivity contribution is 0.0954. The maximum atomic E-state index is 12.3. The Hall–Kier alpha value is -3.19. The highest BCUT2D eigenvalue weighted by atomic mass is 35.5. The van der Waals surface area contributed by atoms with Gasteiger partial charge in [-0.3, -0.25) is 4.79 Å². The minimum atomic E-state index is -0.399. The fourth-order valence-corrected chi connectivity index (χ4v) is 2.69. The van der Waals surface area contributed by atoms with Crippen LogP contribution in [0.5, 0.6) is 23.0 Å². The number of amides is 1. The van der Waals surface area contributed by atoms with Crippen LogP contribution >= 0.6 is 11.6 Å². The maximum Gasteiger partial charge on any atom is 0.271 e. The lowest BCUT2D eigenvalue weighted by atomic mass is 10.2. The quantitative estimate of drug-likeness (QED) is 0.357. The Morgan fingerprint density at radius 1 is 1.14 bits per heavy atom. The van der Waals surface area contributed by atoms with Gasteiger partial charge in [0.2, 0.25) is 0 Å². The molecule has 0 unspecified atom stereocenters. The highest BCUT2D eigenvalue weighted by Crippen LogP contribution is 2.36. The van der Waals surface area contributed by atoms with E-state index in [2.05, 4.69) is 17.1 Å². The van der Waals surface area contributed by atoms with E-state index in [-0.39, 0.29) is 0 Å². The summed E-state index contributed by atoms with van der Waals surface area (Å²) in [6.07, 6.45) is 3.08. The van der Waals surface area contributed by atoms with Crippen molar-refractivity contribution in [2.24, 2.45) is 5.10 Å². The standard InChI is InChI=1S/C21H23ClN2O5/c1-5-9-29-20-16(22)10-14(11-19(20)28-6-2)13-23-24-21(25)15-7-8-17(26-3)18(12-15)27-4/h5,7-8,10-13H,1,6,9H2,2-4H3,(H,24,25)/b23-13+. The number of hydrogen-bond acceptors (Lipinski definition) is 6. The maximum absolute atomic E-state index is 12.3. The van der Waals surface area contributed by atoms with Gasteiger partial charge in [0.05, 0.1) is 32.1 Å². The van der Waals surface area contributed by atoms with Crippen LogP contribution in [0.3, 0.4) is 0 Å².